The molecule has 1 saturated carbocycles. The minimum atomic E-state index is -0.0578. The number of morpholine rings is 1. The van der Waals surface area contributed by atoms with Crippen LogP contribution in [0.3, 0.4) is 0 Å². The first kappa shape index (κ1) is 12.9. The number of hydrogen-bond donors (Lipinski definition) is 0. The largest absolute Gasteiger partial charge is 0.370 e. The number of benzene rings is 1. The summed E-state index contributed by atoms with van der Waals surface area (Å²) in [5.41, 5.74) is 1.05. The van der Waals surface area contributed by atoms with Gasteiger partial charge in [-0.1, -0.05) is 23.7 Å². The van der Waals surface area contributed by atoms with Gasteiger partial charge in [-0.05, 0) is 37.5 Å². The second kappa shape index (κ2) is 5.14. The lowest BCUT2D eigenvalue weighted by Crippen LogP contribution is -2.48. The molecule has 3 rings (SSSR count). The van der Waals surface area contributed by atoms with Crippen molar-refractivity contribution >= 4 is 17.5 Å². The quantitative estimate of drug-likeness (QED) is 0.833. The van der Waals surface area contributed by atoms with Crippen LogP contribution >= 0.6 is 11.6 Å². The number of hydrogen-bond acceptors (Lipinski definition) is 2. The van der Waals surface area contributed by atoms with Crippen molar-refractivity contribution in [1.29, 1.82) is 0 Å². The van der Waals surface area contributed by atoms with Gasteiger partial charge in [-0.15, -0.1) is 0 Å². The molecule has 4 heteroatoms. The lowest BCUT2D eigenvalue weighted by molar-refractivity contribution is -0.145. The first-order valence-electron chi connectivity index (χ1n) is 6.82. The molecule has 3 nitrogen and oxygen atoms in total. The highest BCUT2D eigenvalue weighted by atomic mass is 35.5. The first-order chi connectivity index (χ1) is 9.15. The summed E-state index contributed by atoms with van der Waals surface area (Å²) in [4.78, 5) is 14.2. The predicted octanol–water partition coefficient (Wildman–Crippen LogP) is 3.04. The Hall–Kier alpha value is -1.06. The Morgan fingerprint density at radius 1 is 1.42 bits per heavy atom. The van der Waals surface area contributed by atoms with E-state index in [-0.39, 0.29) is 18.1 Å². The second-order valence-electron chi connectivity index (χ2n) is 5.49. The van der Waals surface area contributed by atoms with Gasteiger partial charge in [0, 0.05) is 10.9 Å². The Labute approximate surface area is 118 Å². The average Bonchev–Trinajstić information content (AvgIpc) is 3.23. The van der Waals surface area contributed by atoms with E-state index in [4.69, 9.17) is 16.3 Å². The summed E-state index contributed by atoms with van der Waals surface area (Å²) in [7, 11) is 0. The number of amides is 1. The standard InChI is InChI=1S/C15H18ClNO2/c1-10-9-19-14(12-3-2-4-13(16)7-12)8-17(10)15(18)11-5-6-11/h2-4,7,10-11,14H,5-6,8-9H2,1H3/t10-,14-/m1/s1. The summed E-state index contributed by atoms with van der Waals surface area (Å²) in [5, 5.41) is 0.708. The lowest BCUT2D eigenvalue weighted by atomic mass is 10.1. The maximum absolute atomic E-state index is 12.3. The topological polar surface area (TPSA) is 29.5 Å². The number of halogens is 1. The normalized spacial score (nSPS) is 27.4. The second-order valence-corrected chi connectivity index (χ2v) is 5.93. The number of rotatable bonds is 2. The molecule has 1 amide bonds. The molecule has 1 aromatic rings. The van der Waals surface area contributed by atoms with Gasteiger partial charge in [-0.2, -0.15) is 0 Å². The molecule has 1 saturated heterocycles. The highest BCUT2D eigenvalue weighted by Gasteiger charge is 2.38. The molecule has 2 fully saturated rings. The maximum atomic E-state index is 12.3. The van der Waals surface area contributed by atoms with Crippen molar-refractivity contribution in [3.05, 3.63) is 34.9 Å². The number of carbonyl (C=O) groups is 1. The number of nitrogens with zero attached hydrogens (tertiary/aromatic N) is 1. The molecule has 2 atom stereocenters. The summed E-state index contributed by atoms with van der Waals surface area (Å²) in [6, 6.07) is 7.87. The molecule has 1 aromatic carbocycles. The van der Waals surface area contributed by atoms with Crippen LogP contribution in [0, 0.1) is 5.92 Å². The van der Waals surface area contributed by atoms with Crippen LogP contribution in [0.2, 0.25) is 5.02 Å². The van der Waals surface area contributed by atoms with E-state index < -0.39 is 0 Å². The van der Waals surface area contributed by atoms with Gasteiger partial charge in [0.1, 0.15) is 6.10 Å². The average molecular weight is 280 g/mol. The van der Waals surface area contributed by atoms with Gasteiger partial charge in [-0.3, -0.25) is 4.79 Å². The first-order valence-corrected chi connectivity index (χ1v) is 7.20. The molecule has 19 heavy (non-hydrogen) atoms. The predicted molar refractivity (Wildman–Crippen MR) is 74.0 cm³/mol. The van der Waals surface area contributed by atoms with Gasteiger partial charge >= 0.3 is 0 Å². The van der Waals surface area contributed by atoms with Gasteiger partial charge in [-0.25, -0.2) is 0 Å². The third-order valence-corrected chi connectivity index (χ3v) is 4.10. The lowest BCUT2D eigenvalue weighted by Gasteiger charge is -2.38. The van der Waals surface area contributed by atoms with E-state index >= 15 is 0 Å². The zero-order chi connectivity index (χ0) is 13.4. The van der Waals surface area contributed by atoms with Crippen LogP contribution in [-0.2, 0) is 9.53 Å². The van der Waals surface area contributed by atoms with Crippen LogP contribution < -0.4 is 0 Å². The summed E-state index contributed by atoms with van der Waals surface area (Å²) < 4.78 is 5.86. The van der Waals surface area contributed by atoms with Gasteiger partial charge in [0.2, 0.25) is 5.91 Å². The molecule has 1 aliphatic carbocycles. The minimum absolute atomic E-state index is 0.0578. The van der Waals surface area contributed by atoms with E-state index in [0.717, 1.165) is 18.4 Å². The molecule has 2 aliphatic rings. The molecule has 0 N–H and O–H groups in total. The molecule has 1 heterocycles. The summed E-state index contributed by atoms with van der Waals surface area (Å²) in [6.07, 6.45) is 2.03. The molecule has 0 aromatic heterocycles. The van der Waals surface area contributed by atoms with Crippen molar-refractivity contribution < 1.29 is 9.53 Å². The Balaban J connectivity index is 1.75. The summed E-state index contributed by atoms with van der Waals surface area (Å²) in [5.74, 6) is 0.559. The number of ether oxygens (including phenoxy) is 1. The maximum Gasteiger partial charge on any atom is 0.226 e. The smallest absolute Gasteiger partial charge is 0.226 e. The Morgan fingerprint density at radius 3 is 2.89 bits per heavy atom. The van der Waals surface area contributed by atoms with Crippen molar-refractivity contribution in [2.75, 3.05) is 13.2 Å². The summed E-state index contributed by atoms with van der Waals surface area (Å²) >= 11 is 6.02. The van der Waals surface area contributed by atoms with Gasteiger partial charge in [0.25, 0.3) is 0 Å². The highest BCUT2D eigenvalue weighted by Crippen LogP contribution is 2.34. The van der Waals surface area contributed by atoms with Crippen molar-refractivity contribution in [2.24, 2.45) is 5.92 Å². The van der Waals surface area contributed by atoms with E-state index in [9.17, 15) is 4.79 Å². The minimum Gasteiger partial charge on any atom is -0.370 e. The molecule has 1 aliphatic heterocycles. The Bertz CT molecular complexity index is 487. The summed E-state index contributed by atoms with van der Waals surface area (Å²) in [6.45, 7) is 3.28. The van der Waals surface area contributed by atoms with Crippen molar-refractivity contribution in [3.63, 3.8) is 0 Å². The van der Waals surface area contributed by atoms with Gasteiger partial charge in [0.15, 0.2) is 0 Å². The van der Waals surface area contributed by atoms with E-state index in [1.807, 2.05) is 29.2 Å². The third-order valence-electron chi connectivity index (χ3n) is 3.86. The van der Waals surface area contributed by atoms with Crippen molar-refractivity contribution in [3.8, 4) is 0 Å². The van der Waals surface area contributed by atoms with Gasteiger partial charge in [0.05, 0.1) is 19.2 Å². The Kier molecular flexibility index (Phi) is 3.50. The van der Waals surface area contributed by atoms with Crippen molar-refractivity contribution in [1.82, 2.24) is 4.90 Å². The molecular formula is C15H18ClNO2. The van der Waals surface area contributed by atoms with Crippen LogP contribution in [0.25, 0.3) is 0 Å². The zero-order valence-electron chi connectivity index (χ0n) is 11.0. The van der Waals surface area contributed by atoms with Crippen molar-refractivity contribution in [2.45, 2.75) is 31.9 Å². The molecular weight excluding hydrogens is 262 g/mol. The van der Waals surface area contributed by atoms with E-state index in [0.29, 0.717) is 24.1 Å². The third kappa shape index (κ3) is 2.77. The van der Waals surface area contributed by atoms with Crippen LogP contribution in [0.4, 0.5) is 0 Å². The highest BCUT2D eigenvalue weighted by molar-refractivity contribution is 6.30. The molecule has 102 valence electrons. The van der Waals surface area contributed by atoms with Crippen LogP contribution in [0.15, 0.2) is 24.3 Å². The number of carbonyl (C=O) groups excluding carboxylic acids is 1. The fourth-order valence-corrected chi connectivity index (χ4v) is 2.74. The molecule has 0 bridgehead atoms. The van der Waals surface area contributed by atoms with E-state index in [2.05, 4.69) is 6.92 Å². The molecule has 0 radical (unpaired) electrons. The van der Waals surface area contributed by atoms with Gasteiger partial charge < -0.3 is 9.64 Å². The van der Waals surface area contributed by atoms with Crippen LogP contribution in [0.5, 0.6) is 0 Å². The Morgan fingerprint density at radius 2 is 2.21 bits per heavy atom. The molecule has 0 unspecified atom stereocenters. The molecule has 0 spiro atoms. The van der Waals surface area contributed by atoms with E-state index in [1.165, 1.54) is 0 Å². The monoisotopic (exact) mass is 279 g/mol. The van der Waals surface area contributed by atoms with Crippen LogP contribution in [-0.4, -0.2) is 30.0 Å². The SMILES string of the molecule is C[C@@H]1CO[C@@H](c2cccc(Cl)c2)CN1C(=O)C1CC1. The zero-order valence-corrected chi connectivity index (χ0v) is 11.8. The van der Waals surface area contributed by atoms with E-state index in [1.54, 1.807) is 0 Å². The van der Waals surface area contributed by atoms with Crippen LogP contribution in [0.1, 0.15) is 31.4 Å². The fourth-order valence-electron chi connectivity index (χ4n) is 2.54. The fraction of sp³-hybridized carbons (Fsp3) is 0.533.